The Hall–Kier alpha value is -6.46. The summed E-state index contributed by atoms with van der Waals surface area (Å²) in [7, 11) is 1.97. The van der Waals surface area contributed by atoms with Crippen LogP contribution in [0.2, 0.25) is 0 Å². The Kier molecular flexibility index (Phi) is 22.9. The van der Waals surface area contributed by atoms with Gasteiger partial charge < -0.3 is 75.3 Å². The molecule has 0 spiro atoms. The molecule has 1 fully saturated rings. The highest BCUT2D eigenvalue weighted by Crippen LogP contribution is 2.39. The molecule has 18 N–H and O–H groups in total. The van der Waals surface area contributed by atoms with Gasteiger partial charge in [-0.15, -0.1) is 0 Å². The number of nitrogens with two attached hydrogens (primary N) is 4. The average molecular weight is 1210 g/mol. The highest BCUT2D eigenvalue weighted by molar-refractivity contribution is 14.1. The third kappa shape index (κ3) is 18.3. The molecule has 4 aromatic rings. The summed E-state index contributed by atoms with van der Waals surface area (Å²) < 4.78 is -0.534. The van der Waals surface area contributed by atoms with Gasteiger partial charge in [0.05, 0.1) is 18.2 Å². The lowest BCUT2D eigenvalue weighted by Gasteiger charge is -2.36. The summed E-state index contributed by atoms with van der Waals surface area (Å²) in [6, 6.07) is 11.5. The number of nitrogens with one attached hydrogen (secondary N) is 8. The molecule has 23 nitrogen and oxygen atoms in total. The lowest BCUT2D eigenvalue weighted by atomic mass is 9.99. The molecule has 10 atom stereocenters. The highest BCUT2D eigenvalue weighted by Gasteiger charge is 2.43. The zero-order chi connectivity index (χ0) is 56.6. The minimum Gasteiger partial charge on any atom is -0.391 e. The molecule has 1 aliphatic heterocycles. The van der Waals surface area contributed by atoms with E-state index in [0.29, 0.717) is 11.1 Å². The van der Waals surface area contributed by atoms with E-state index in [9.17, 15) is 48.6 Å². The van der Waals surface area contributed by atoms with Gasteiger partial charge in [0, 0.05) is 50.6 Å². The number of aliphatic hydroxyl groups is 2. The summed E-state index contributed by atoms with van der Waals surface area (Å²) in [6.45, 7) is 5.52. The monoisotopic (exact) mass is 1210 g/mol. The van der Waals surface area contributed by atoms with E-state index >= 15 is 0 Å². The van der Waals surface area contributed by atoms with Crippen molar-refractivity contribution in [3.05, 3.63) is 105 Å². The van der Waals surface area contributed by atoms with Gasteiger partial charge in [-0.1, -0.05) is 82.3 Å². The molecule has 1 saturated heterocycles. The molecule has 416 valence electrons. The fourth-order valence-corrected chi connectivity index (χ4v) is 11.4. The molecule has 0 unspecified atom stereocenters. The quantitative estimate of drug-likeness (QED) is 0.0198. The number of benzene rings is 3. The fourth-order valence-electron chi connectivity index (χ4n) is 8.22. The van der Waals surface area contributed by atoms with Gasteiger partial charge >= 0.3 is 0 Å². The predicted molar refractivity (Wildman–Crippen MR) is 303 cm³/mol. The van der Waals surface area contributed by atoms with Gasteiger partial charge in [-0.05, 0) is 104 Å². The molecule has 1 aromatic heterocycles. The van der Waals surface area contributed by atoms with Gasteiger partial charge in [-0.25, -0.2) is 0 Å². The summed E-state index contributed by atoms with van der Waals surface area (Å²) in [4.78, 5) is 121. The Morgan fingerprint density at radius 1 is 0.779 bits per heavy atom. The number of hydrogen-bond donors (Lipinski definition) is 14. The van der Waals surface area contributed by atoms with Crippen molar-refractivity contribution < 1.29 is 48.6 Å². The number of fused-ring (bicyclic) bond motifs is 1. The molecule has 2 heterocycles. The van der Waals surface area contributed by atoms with Crippen LogP contribution >= 0.6 is 44.2 Å². The van der Waals surface area contributed by atoms with Crippen molar-refractivity contribution >= 4 is 108 Å². The third-order valence-corrected chi connectivity index (χ3v) is 16.5. The molecule has 0 radical (unpaired) electrons. The van der Waals surface area contributed by atoms with Gasteiger partial charge in [0.2, 0.25) is 47.3 Å². The van der Waals surface area contributed by atoms with E-state index in [0.717, 1.165) is 41.6 Å². The van der Waals surface area contributed by atoms with Gasteiger partial charge in [-0.2, -0.15) is 0 Å². The van der Waals surface area contributed by atoms with E-state index in [-0.39, 0.29) is 50.4 Å². The lowest BCUT2D eigenvalue weighted by Crippen LogP contribution is -2.65. The number of rotatable bonds is 17. The first-order valence-corrected chi connectivity index (χ1v) is 28.1. The number of halogens is 1. The number of carbonyl (C=O) groups excluding carboxylic acids is 8. The maximum atomic E-state index is 14.9. The molecule has 0 saturated carbocycles. The molecular formula is C51H68IN13O10S2. The zero-order valence-corrected chi connectivity index (χ0v) is 46.7. The average Bonchev–Trinajstić information content (AvgIpc) is 3.79. The van der Waals surface area contributed by atoms with E-state index in [4.69, 9.17) is 22.9 Å². The number of aromatic nitrogens is 1. The number of para-hydroxylation sites is 1. The number of hydrogen-bond acceptors (Lipinski definition) is 14. The predicted octanol–water partition coefficient (Wildman–Crippen LogP) is -1.00. The van der Waals surface area contributed by atoms with E-state index < -0.39 is 113 Å². The lowest BCUT2D eigenvalue weighted by molar-refractivity contribution is -0.137. The molecule has 77 heavy (non-hydrogen) atoms. The summed E-state index contributed by atoms with van der Waals surface area (Å²) in [6.07, 6.45) is -1.59. The molecule has 8 amide bonds. The SMILES string of the molecule is C[C@@H](O)[C@H](NC(=O)[C@@H]1NC(=O)[C@@H]([C@@H](C)O)NC(=O)[C@H](CCCN=C(N)N)NC(=O)[C@H](Cc2c[nH]c3ccccc23)NC(=O)[C@H](Cc2ccc(I)cc2)NC(=O)[C@@H](NC(=O)[C@H](N)Cc2ccccc2)CSSC1(C)C)C(N)=O. The highest BCUT2D eigenvalue weighted by atomic mass is 127. The summed E-state index contributed by atoms with van der Waals surface area (Å²) in [5.74, 6) is -7.80. The van der Waals surface area contributed by atoms with Gasteiger partial charge in [-0.3, -0.25) is 43.3 Å². The molecule has 5 rings (SSSR count). The Morgan fingerprint density at radius 2 is 1.39 bits per heavy atom. The zero-order valence-electron chi connectivity index (χ0n) is 42.9. The number of aliphatic hydroxyl groups excluding tert-OH is 2. The Balaban J connectivity index is 1.64. The maximum absolute atomic E-state index is 14.9. The number of H-pyrrole nitrogens is 1. The summed E-state index contributed by atoms with van der Waals surface area (Å²) >= 11 is 2.13. The van der Waals surface area contributed by atoms with E-state index in [1.54, 1.807) is 62.5 Å². The van der Waals surface area contributed by atoms with Crippen LogP contribution in [0.1, 0.15) is 57.2 Å². The number of amides is 8. The molecule has 1 aliphatic rings. The van der Waals surface area contributed by atoms with Crippen LogP contribution in [0.15, 0.2) is 90.1 Å². The summed E-state index contributed by atoms with van der Waals surface area (Å²) in [5, 5.41) is 40.8. The Morgan fingerprint density at radius 3 is 2.03 bits per heavy atom. The van der Waals surface area contributed by atoms with Crippen LogP contribution in [0, 0.1) is 3.57 Å². The first kappa shape index (κ1) is 61.4. The molecule has 26 heteroatoms. The molecular weight excluding hydrogens is 1150 g/mol. The van der Waals surface area contributed by atoms with Crippen LogP contribution in [0.5, 0.6) is 0 Å². The standard InChI is InChI=1S/C51H68IN13O10S2/c1-26(66)39(42(54)68)63-49(75)41-51(3,4)77-76-25-38(62-43(69)33(53)21-28-11-6-5-7-12-28)47(73)60-36(22-29-16-18-31(52)19-17-29)45(71)61-37(23-30-24-58-34-14-9-8-13-32(30)34)46(72)59-35(15-10-20-57-50(55)56)44(70)64-40(27(2)67)48(74)65-41/h5-9,11-14,16-19,24,26-27,33,35-41,58,66-67H,10,15,20-23,25,53H2,1-4H3,(H2,54,68)(H,59,72)(H,60,73)(H,61,71)(H,62,69)(H,63,75)(H,64,70)(H,65,74)(H4,55,56,57)/t26-,27-,33-,35+,36+,37+,38+,39+,40-,41+/m1/s1. The van der Waals surface area contributed by atoms with Crippen LogP contribution in [0.3, 0.4) is 0 Å². The van der Waals surface area contributed by atoms with E-state index in [1.165, 1.54) is 13.8 Å². The van der Waals surface area contributed by atoms with Gasteiger partial charge in [0.1, 0.15) is 42.3 Å². The van der Waals surface area contributed by atoms with Crippen LogP contribution in [-0.2, 0) is 57.6 Å². The van der Waals surface area contributed by atoms with Crippen LogP contribution in [0.4, 0.5) is 0 Å². The molecule has 0 bridgehead atoms. The van der Waals surface area contributed by atoms with Crippen molar-refractivity contribution in [1.29, 1.82) is 0 Å². The van der Waals surface area contributed by atoms with Crippen LogP contribution in [-0.4, -0.2) is 146 Å². The van der Waals surface area contributed by atoms with Crippen molar-refractivity contribution in [2.24, 2.45) is 27.9 Å². The molecule has 0 aliphatic carbocycles. The van der Waals surface area contributed by atoms with Crippen LogP contribution in [0.25, 0.3) is 10.9 Å². The Bertz CT molecular complexity index is 2740. The Labute approximate surface area is 467 Å². The fraction of sp³-hybridized carbons (Fsp3) is 0.431. The number of guanidine groups is 1. The normalized spacial score (nSPS) is 22.5. The number of nitrogens with zero attached hydrogens (tertiary/aromatic N) is 1. The largest absolute Gasteiger partial charge is 0.391 e. The second kappa shape index (κ2) is 28.8. The van der Waals surface area contributed by atoms with Gasteiger partial charge in [0.15, 0.2) is 5.96 Å². The maximum Gasteiger partial charge on any atom is 0.245 e. The van der Waals surface area contributed by atoms with Crippen molar-refractivity contribution in [3.63, 3.8) is 0 Å². The smallest absolute Gasteiger partial charge is 0.245 e. The van der Waals surface area contributed by atoms with E-state index in [2.05, 4.69) is 69.8 Å². The second-order valence-electron chi connectivity index (χ2n) is 19.2. The van der Waals surface area contributed by atoms with Crippen molar-refractivity contribution in [2.75, 3.05) is 12.3 Å². The molecule has 3 aromatic carbocycles. The number of carbonyl (C=O) groups is 8. The van der Waals surface area contributed by atoms with Gasteiger partial charge in [0.25, 0.3) is 0 Å². The second-order valence-corrected chi connectivity index (χ2v) is 23.4. The van der Waals surface area contributed by atoms with E-state index in [1.807, 2.05) is 36.4 Å². The summed E-state index contributed by atoms with van der Waals surface area (Å²) in [5.41, 5.74) is 25.8. The van der Waals surface area contributed by atoms with Crippen LogP contribution < -0.4 is 60.2 Å². The topological polar surface area (TPSA) is 393 Å². The first-order chi connectivity index (χ1) is 36.4. The minimum atomic E-state index is -1.79. The van der Waals surface area contributed by atoms with Crippen molar-refractivity contribution in [2.45, 2.75) is 125 Å². The number of aromatic amines is 1. The minimum absolute atomic E-state index is 0.0123. The number of primary amides is 1. The number of aliphatic imine (C=N–C) groups is 1. The van der Waals surface area contributed by atoms with Crippen molar-refractivity contribution in [3.8, 4) is 0 Å². The first-order valence-electron chi connectivity index (χ1n) is 24.7. The third-order valence-electron chi connectivity index (χ3n) is 12.5. The van der Waals surface area contributed by atoms with Crippen molar-refractivity contribution in [1.82, 2.24) is 42.2 Å².